The molecule has 3 heterocycles. The molecule has 6 heteroatoms. The van der Waals surface area contributed by atoms with Gasteiger partial charge in [-0.2, -0.15) is 11.3 Å². The Kier molecular flexibility index (Phi) is 4.11. The van der Waals surface area contributed by atoms with Gasteiger partial charge in [0.15, 0.2) is 0 Å². The van der Waals surface area contributed by atoms with Crippen LogP contribution in [0, 0.1) is 5.92 Å². The summed E-state index contributed by atoms with van der Waals surface area (Å²) in [5.74, 6) is -0.136. The lowest BCUT2D eigenvalue weighted by molar-refractivity contribution is -0.128. The van der Waals surface area contributed by atoms with Crippen molar-refractivity contribution in [2.24, 2.45) is 5.92 Å². The van der Waals surface area contributed by atoms with Gasteiger partial charge in [0.25, 0.3) is 5.91 Å². The largest absolute Gasteiger partial charge is 0.375 e. The average molecular weight is 334 g/mol. The van der Waals surface area contributed by atoms with Gasteiger partial charge in [0.1, 0.15) is 0 Å². The van der Waals surface area contributed by atoms with Crippen LogP contribution in [0.2, 0.25) is 0 Å². The van der Waals surface area contributed by atoms with Gasteiger partial charge in [0, 0.05) is 24.6 Å². The van der Waals surface area contributed by atoms with Gasteiger partial charge < -0.3 is 15.0 Å². The zero-order valence-electron chi connectivity index (χ0n) is 13.1. The number of rotatable bonds is 3. The zero-order chi connectivity index (χ0) is 15.8. The van der Waals surface area contributed by atoms with E-state index in [1.54, 1.807) is 0 Å². The number of carbonyl (C=O) groups is 2. The minimum Gasteiger partial charge on any atom is -0.375 e. The summed E-state index contributed by atoms with van der Waals surface area (Å²) in [5, 5.41) is 6.96. The summed E-state index contributed by atoms with van der Waals surface area (Å²) in [6.45, 7) is 1.11. The van der Waals surface area contributed by atoms with Crippen LogP contribution in [0.25, 0.3) is 0 Å². The summed E-state index contributed by atoms with van der Waals surface area (Å²) in [5.41, 5.74) is 0.720. The molecule has 0 aromatic carbocycles. The predicted octanol–water partition coefficient (Wildman–Crippen LogP) is 2.04. The fourth-order valence-electron chi connectivity index (χ4n) is 4.16. The molecule has 1 aromatic rings. The van der Waals surface area contributed by atoms with E-state index in [-0.39, 0.29) is 29.9 Å². The van der Waals surface area contributed by atoms with Gasteiger partial charge >= 0.3 is 0 Å². The second-order valence-electron chi connectivity index (χ2n) is 6.76. The SMILES string of the molecule is O=C(NC1CCCC1)C1CN(C(=O)c2ccsc2)C2CCOC12. The lowest BCUT2D eigenvalue weighted by Crippen LogP contribution is -2.42. The first-order valence-electron chi connectivity index (χ1n) is 8.49. The lowest BCUT2D eigenvalue weighted by Gasteiger charge is -2.22. The van der Waals surface area contributed by atoms with E-state index in [1.165, 1.54) is 24.2 Å². The summed E-state index contributed by atoms with van der Waals surface area (Å²) >= 11 is 1.52. The number of amides is 2. The monoisotopic (exact) mass is 334 g/mol. The van der Waals surface area contributed by atoms with Crippen molar-refractivity contribution in [3.63, 3.8) is 0 Å². The van der Waals surface area contributed by atoms with Crippen molar-refractivity contribution < 1.29 is 14.3 Å². The molecule has 4 rings (SSSR count). The van der Waals surface area contributed by atoms with Gasteiger partial charge in [0.2, 0.25) is 5.91 Å². The van der Waals surface area contributed by atoms with Crippen molar-refractivity contribution in [2.75, 3.05) is 13.2 Å². The van der Waals surface area contributed by atoms with Crippen LogP contribution >= 0.6 is 11.3 Å². The number of nitrogens with zero attached hydrogens (tertiary/aromatic N) is 1. The lowest BCUT2D eigenvalue weighted by atomic mass is 10.0. The normalized spacial score (nSPS) is 30.6. The van der Waals surface area contributed by atoms with Crippen molar-refractivity contribution in [1.29, 1.82) is 0 Å². The number of thiophene rings is 1. The Balaban J connectivity index is 1.48. The molecule has 0 radical (unpaired) electrons. The van der Waals surface area contributed by atoms with E-state index in [0.717, 1.165) is 24.8 Å². The van der Waals surface area contributed by atoms with Gasteiger partial charge in [-0.25, -0.2) is 0 Å². The van der Waals surface area contributed by atoms with Crippen molar-refractivity contribution >= 4 is 23.2 Å². The van der Waals surface area contributed by atoms with Crippen molar-refractivity contribution in [2.45, 2.75) is 50.3 Å². The van der Waals surface area contributed by atoms with Crippen LogP contribution in [0.4, 0.5) is 0 Å². The van der Waals surface area contributed by atoms with Gasteiger partial charge in [-0.1, -0.05) is 12.8 Å². The molecule has 5 nitrogen and oxygen atoms in total. The summed E-state index contributed by atoms with van der Waals surface area (Å²) in [6.07, 6.45) is 5.23. The molecular weight excluding hydrogens is 312 g/mol. The van der Waals surface area contributed by atoms with Crippen molar-refractivity contribution in [3.8, 4) is 0 Å². The quantitative estimate of drug-likeness (QED) is 0.920. The van der Waals surface area contributed by atoms with E-state index < -0.39 is 0 Å². The van der Waals surface area contributed by atoms with Crippen LogP contribution in [0.3, 0.4) is 0 Å². The molecule has 3 aliphatic rings. The molecule has 1 saturated carbocycles. The number of nitrogens with one attached hydrogen (secondary N) is 1. The van der Waals surface area contributed by atoms with E-state index in [9.17, 15) is 9.59 Å². The van der Waals surface area contributed by atoms with Gasteiger partial charge in [-0.3, -0.25) is 9.59 Å². The van der Waals surface area contributed by atoms with E-state index in [4.69, 9.17) is 4.74 Å². The minimum absolute atomic E-state index is 0.0305. The Morgan fingerprint density at radius 1 is 1.26 bits per heavy atom. The fourth-order valence-corrected chi connectivity index (χ4v) is 4.79. The molecule has 1 aromatic heterocycles. The van der Waals surface area contributed by atoms with Gasteiger partial charge in [0.05, 0.1) is 23.6 Å². The summed E-state index contributed by atoms with van der Waals surface area (Å²) in [6, 6.07) is 2.20. The summed E-state index contributed by atoms with van der Waals surface area (Å²) in [7, 11) is 0. The molecule has 2 amide bonds. The van der Waals surface area contributed by atoms with Gasteiger partial charge in [-0.05, 0) is 30.7 Å². The third-order valence-electron chi connectivity index (χ3n) is 5.36. The van der Waals surface area contributed by atoms with Crippen LogP contribution < -0.4 is 5.32 Å². The predicted molar refractivity (Wildman–Crippen MR) is 87.4 cm³/mol. The Hall–Kier alpha value is -1.40. The minimum atomic E-state index is -0.231. The molecule has 3 atom stereocenters. The first kappa shape index (κ1) is 15.1. The fraction of sp³-hybridized carbons (Fsp3) is 0.647. The highest BCUT2D eigenvalue weighted by atomic mass is 32.1. The average Bonchev–Trinajstić information content (AvgIpc) is 3.30. The number of hydrogen-bond donors (Lipinski definition) is 1. The van der Waals surface area contributed by atoms with Crippen LogP contribution in [-0.4, -0.2) is 48.1 Å². The third-order valence-corrected chi connectivity index (χ3v) is 6.04. The van der Waals surface area contributed by atoms with Crippen LogP contribution in [0.5, 0.6) is 0 Å². The number of likely N-dealkylation sites (tertiary alicyclic amines) is 1. The highest BCUT2D eigenvalue weighted by molar-refractivity contribution is 7.08. The zero-order valence-corrected chi connectivity index (χ0v) is 13.9. The highest BCUT2D eigenvalue weighted by Gasteiger charge is 2.50. The van der Waals surface area contributed by atoms with Crippen LogP contribution in [0.1, 0.15) is 42.5 Å². The van der Waals surface area contributed by atoms with Crippen LogP contribution in [-0.2, 0) is 9.53 Å². The molecule has 0 spiro atoms. The molecule has 2 aliphatic heterocycles. The smallest absolute Gasteiger partial charge is 0.255 e. The number of hydrogen-bond acceptors (Lipinski definition) is 4. The third kappa shape index (κ3) is 2.78. The van der Waals surface area contributed by atoms with E-state index in [0.29, 0.717) is 19.2 Å². The Morgan fingerprint density at radius 3 is 2.83 bits per heavy atom. The van der Waals surface area contributed by atoms with E-state index >= 15 is 0 Å². The molecule has 1 N–H and O–H groups in total. The molecule has 124 valence electrons. The molecule has 0 bridgehead atoms. The van der Waals surface area contributed by atoms with E-state index in [1.807, 2.05) is 21.7 Å². The topological polar surface area (TPSA) is 58.6 Å². The second-order valence-corrected chi connectivity index (χ2v) is 7.54. The summed E-state index contributed by atoms with van der Waals surface area (Å²) < 4.78 is 5.82. The maximum absolute atomic E-state index is 12.7. The van der Waals surface area contributed by atoms with Crippen molar-refractivity contribution in [1.82, 2.24) is 10.2 Å². The Labute approximate surface area is 140 Å². The molecule has 23 heavy (non-hydrogen) atoms. The molecule has 3 fully saturated rings. The standard InChI is InChI=1S/C17H22N2O3S/c20-16(18-12-3-1-2-4-12)13-9-19(14-5-7-22-15(13)14)17(21)11-6-8-23-10-11/h6,8,10,12-15H,1-5,7,9H2,(H,18,20). The van der Waals surface area contributed by atoms with E-state index in [2.05, 4.69) is 5.32 Å². The second kappa shape index (κ2) is 6.24. The van der Waals surface area contributed by atoms with Gasteiger partial charge in [-0.15, -0.1) is 0 Å². The Morgan fingerprint density at radius 2 is 2.09 bits per heavy atom. The first-order valence-corrected chi connectivity index (χ1v) is 9.43. The summed E-state index contributed by atoms with van der Waals surface area (Å²) in [4.78, 5) is 27.2. The molecule has 2 saturated heterocycles. The molecule has 1 aliphatic carbocycles. The number of ether oxygens (including phenoxy) is 1. The van der Waals surface area contributed by atoms with Crippen LogP contribution in [0.15, 0.2) is 16.8 Å². The maximum atomic E-state index is 12.7. The van der Waals surface area contributed by atoms with Crippen molar-refractivity contribution in [3.05, 3.63) is 22.4 Å². The Bertz CT molecular complexity index is 583. The highest BCUT2D eigenvalue weighted by Crippen LogP contribution is 2.35. The molecular formula is C17H22N2O3S. The first-order chi connectivity index (χ1) is 11.2. The molecule has 3 unspecified atom stereocenters. The maximum Gasteiger partial charge on any atom is 0.255 e. The number of carbonyl (C=O) groups excluding carboxylic acids is 2. The number of fused-ring (bicyclic) bond motifs is 1.